The third kappa shape index (κ3) is 9.85. The number of nitrogens with one attached hydrogen (secondary N) is 4. The molecule has 2 heterocycles. The lowest BCUT2D eigenvalue weighted by Gasteiger charge is -2.42. The third-order valence-electron chi connectivity index (χ3n) is 11.3. The summed E-state index contributed by atoms with van der Waals surface area (Å²) >= 11 is 0. The summed E-state index contributed by atoms with van der Waals surface area (Å²) in [6, 6.07) is -3.09. The predicted octanol–water partition coefficient (Wildman–Crippen LogP) is 2.60. The minimum atomic E-state index is -1.24. The van der Waals surface area contributed by atoms with Gasteiger partial charge in [-0.2, -0.15) is 0 Å². The zero-order valence-electron chi connectivity index (χ0n) is 31.4. The number of esters is 1. The van der Waals surface area contributed by atoms with Crippen molar-refractivity contribution in [2.75, 3.05) is 6.54 Å². The Balaban J connectivity index is 1.37. The van der Waals surface area contributed by atoms with Crippen LogP contribution in [0.5, 0.6) is 0 Å². The highest BCUT2D eigenvalue weighted by Crippen LogP contribution is 2.44. The largest absolute Gasteiger partial charge is 0.450 e. The molecule has 1 aromatic rings. The molecule has 14 heteroatoms. The molecule has 1 saturated heterocycles. The molecule has 5 rings (SSSR count). The Bertz CT molecular complexity index is 1410. The number of rotatable bonds is 15. The van der Waals surface area contributed by atoms with Crippen LogP contribution in [-0.2, 0) is 23.9 Å². The second kappa shape index (κ2) is 17.5. The Morgan fingerprint density at radius 3 is 2.29 bits per heavy atom. The molecule has 2 unspecified atom stereocenters. The monoisotopic (exact) mass is 725 g/mol. The fourth-order valence-corrected chi connectivity index (χ4v) is 8.51. The molecule has 1 aliphatic heterocycles. The second-order valence-electron chi connectivity index (χ2n) is 16.4. The van der Waals surface area contributed by atoms with E-state index >= 15 is 0 Å². The van der Waals surface area contributed by atoms with Gasteiger partial charge in [-0.3, -0.25) is 33.9 Å². The molecule has 4 fully saturated rings. The molecule has 0 aromatic carbocycles. The van der Waals surface area contributed by atoms with Gasteiger partial charge in [0, 0.05) is 31.9 Å². The van der Waals surface area contributed by atoms with Crippen LogP contribution in [0.25, 0.3) is 0 Å². The van der Waals surface area contributed by atoms with Gasteiger partial charge in [0.25, 0.3) is 11.8 Å². The first-order valence-corrected chi connectivity index (χ1v) is 19.4. The third-order valence-corrected chi connectivity index (χ3v) is 11.3. The molecule has 3 saturated carbocycles. The number of aliphatic hydroxyl groups excluding tert-OH is 1. The lowest BCUT2D eigenvalue weighted by atomic mass is 9.81. The molecule has 0 spiro atoms. The van der Waals surface area contributed by atoms with E-state index in [0.29, 0.717) is 19.4 Å². The van der Waals surface area contributed by atoms with E-state index in [1.807, 2.05) is 32.6 Å². The maximum absolute atomic E-state index is 14.4. The number of carbonyl (C=O) groups is 5. The van der Waals surface area contributed by atoms with Gasteiger partial charge in [0.1, 0.15) is 18.0 Å². The maximum atomic E-state index is 14.4. The fraction of sp³-hybridized carbons (Fsp3) is 0.763. The lowest BCUT2D eigenvalue weighted by molar-refractivity contribution is -0.157. The van der Waals surface area contributed by atoms with E-state index in [4.69, 9.17) is 4.74 Å². The lowest BCUT2D eigenvalue weighted by Crippen LogP contribution is -2.64. The average Bonchev–Trinajstić information content (AvgIpc) is 3.68. The zero-order chi connectivity index (χ0) is 37.6. The Morgan fingerprint density at radius 2 is 1.67 bits per heavy atom. The Hall–Kier alpha value is -3.65. The van der Waals surface area contributed by atoms with Crippen LogP contribution in [0.3, 0.4) is 0 Å². The van der Waals surface area contributed by atoms with E-state index in [1.54, 1.807) is 0 Å². The number of nitrogens with zero attached hydrogens (tertiary/aromatic N) is 3. The van der Waals surface area contributed by atoms with Gasteiger partial charge in [-0.15, -0.1) is 0 Å². The minimum absolute atomic E-state index is 0.0260. The number of ether oxygens (including phenoxy) is 1. The van der Waals surface area contributed by atoms with Crippen LogP contribution in [0.2, 0.25) is 0 Å². The highest BCUT2D eigenvalue weighted by Gasteiger charge is 2.53. The van der Waals surface area contributed by atoms with Crippen molar-refractivity contribution in [1.82, 2.24) is 36.1 Å². The first-order valence-electron chi connectivity index (χ1n) is 19.4. The van der Waals surface area contributed by atoms with E-state index in [2.05, 4.69) is 31.2 Å². The molecule has 4 amide bonds. The molecule has 5 N–H and O–H groups in total. The highest BCUT2D eigenvalue weighted by atomic mass is 16.5. The number of hydrogen-bond acceptors (Lipinski definition) is 10. The number of likely N-dealkylation sites (tertiary alicyclic amines) is 1. The van der Waals surface area contributed by atoms with Gasteiger partial charge >= 0.3 is 5.97 Å². The van der Waals surface area contributed by atoms with Crippen molar-refractivity contribution in [1.29, 1.82) is 0 Å². The van der Waals surface area contributed by atoms with Crippen LogP contribution in [0.4, 0.5) is 0 Å². The van der Waals surface area contributed by atoms with Crippen molar-refractivity contribution >= 4 is 29.6 Å². The van der Waals surface area contributed by atoms with Crippen molar-refractivity contribution in [3.05, 3.63) is 24.3 Å². The summed E-state index contributed by atoms with van der Waals surface area (Å²) in [6.07, 6.45) is 11.9. The van der Waals surface area contributed by atoms with E-state index in [-0.39, 0.29) is 35.4 Å². The molecule has 0 bridgehead atoms. The summed E-state index contributed by atoms with van der Waals surface area (Å²) in [4.78, 5) is 77.2. The van der Waals surface area contributed by atoms with Crippen LogP contribution in [0.15, 0.2) is 18.6 Å². The molecule has 4 aliphatic rings. The van der Waals surface area contributed by atoms with Crippen molar-refractivity contribution in [3.8, 4) is 0 Å². The smallest absolute Gasteiger partial charge is 0.303 e. The van der Waals surface area contributed by atoms with Crippen LogP contribution >= 0.6 is 0 Å². The maximum Gasteiger partial charge on any atom is 0.303 e. The molecule has 52 heavy (non-hydrogen) atoms. The molecule has 14 nitrogen and oxygen atoms in total. The number of hydrogen-bond donors (Lipinski definition) is 5. The molecular formula is C38H59N7O7. The minimum Gasteiger partial charge on any atom is -0.450 e. The van der Waals surface area contributed by atoms with Gasteiger partial charge in [-0.1, -0.05) is 59.8 Å². The number of aliphatic hydroxyl groups is 1. The molecule has 288 valence electrons. The van der Waals surface area contributed by atoms with Gasteiger partial charge in [-0.25, -0.2) is 4.98 Å². The normalized spacial score (nSPS) is 25.2. The van der Waals surface area contributed by atoms with E-state index in [1.165, 1.54) is 25.5 Å². The summed E-state index contributed by atoms with van der Waals surface area (Å²) in [7, 11) is 0. The quantitative estimate of drug-likeness (QED) is 0.168. The average molecular weight is 726 g/mol. The van der Waals surface area contributed by atoms with Crippen LogP contribution in [-0.4, -0.2) is 98.7 Å². The van der Waals surface area contributed by atoms with Crippen LogP contribution in [0.1, 0.15) is 122 Å². The Kier molecular flexibility index (Phi) is 13.3. The van der Waals surface area contributed by atoms with E-state index in [0.717, 1.165) is 64.2 Å². The topological polar surface area (TPSA) is 192 Å². The summed E-state index contributed by atoms with van der Waals surface area (Å²) < 4.78 is 5.52. The van der Waals surface area contributed by atoms with Gasteiger partial charge in [0.15, 0.2) is 6.10 Å². The molecule has 3 aliphatic carbocycles. The summed E-state index contributed by atoms with van der Waals surface area (Å²) in [5.41, 5.74) is -0.533. The van der Waals surface area contributed by atoms with Crippen LogP contribution < -0.4 is 21.3 Å². The van der Waals surface area contributed by atoms with Crippen molar-refractivity contribution in [2.24, 2.45) is 23.2 Å². The first kappa shape index (κ1) is 39.6. The number of fused-ring (bicyclic) bond motifs is 1. The van der Waals surface area contributed by atoms with Gasteiger partial charge < -0.3 is 31.1 Å². The standard InChI is InChI=1S/C38H59N7O7/c1-6-11-27(31(52-22(2)46)36(50)41-25-16-17-25)42-35(49)30-26-15-10-14-24(26)21-45(30)37(51)32(38(3,4)5)44-34(48)29(23-12-8-7-9-13-23)43-33(47)28-20-39-18-19-40-28/h18-20,23-27,29-32,37,51H,6-17,21H2,1-5H3,(H,41,50)(H,42,49)(H,43,47)(H,44,48)/t24-,26-,27-,29-,30-,31?,32+,37?/m0/s1. The van der Waals surface area contributed by atoms with Gasteiger partial charge in [-0.05, 0) is 68.1 Å². The zero-order valence-corrected chi connectivity index (χ0v) is 31.4. The Labute approximate surface area is 307 Å². The molecule has 1 aromatic heterocycles. The summed E-state index contributed by atoms with van der Waals surface area (Å²) in [5.74, 6) is -2.19. The summed E-state index contributed by atoms with van der Waals surface area (Å²) in [5, 5.41) is 24.3. The van der Waals surface area contributed by atoms with Crippen LogP contribution in [0, 0.1) is 23.2 Å². The second-order valence-corrected chi connectivity index (χ2v) is 16.4. The molecule has 0 radical (unpaired) electrons. The van der Waals surface area contributed by atoms with Crippen molar-refractivity contribution < 1.29 is 33.8 Å². The highest BCUT2D eigenvalue weighted by molar-refractivity contribution is 5.96. The van der Waals surface area contributed by atoms with E-state index < -0.39 is 65.6 Å². The predicted molar refractivity (Wildman–Crippen MR) is 192 cm³/mol. The van der Waals surface area contributed by atoms with Gasteiger partial charge in [0.05, 0.1) is 24.3 Å². The number of amides is 4. The molecule has 8 atom stereocenters. The van der Waals surface area contributed by atoms with E-state index in [9.17, 15) is 29.1 Å². The van der Waals surface area contributed by atoms with Gasteiger partial charge in [0.2, 0.25) is 11.8 Å². The summed E-state index contributed by atoms with van der Waals surface area (Å²) in [6.45, 7) is 9.45. The number of carbonyl (C=O) groups excluding carboxylic acids is 5. The fourth-order valence-electron chi connectivity index (χ4n) is 8.51. The van der Waals surface area contributed by atoms with Crippen molar-refractivity contribution in [3.63, 3.8) is 0 Å². The molecular weight excluding hydrogens is 666 g/mol. The van der Waals surface area contributed by atoms with Crippen molar-refractivity contribution in [2.45, 2.75) is 154 Å². The number of aromatic nitrogens is 2. The first-order chi connectivity index (χ1) is 24.8. The Morgan fingerprint density at radius 1 is 0.942 bits per heavy atom. The SMILES string of the molecule is CCC[C@H](NC(=O)[C@@H]1[C@H]2CCC[C@H]2CN1C(O)[C@@H](NC(=O)[C@@H](NC(=O)c1cnccn1)C1CCCCC1)C(C)(C)C)C(OC(C)=O)C(=O)NC1CC1.